The third kappa shape index (κ3) is 3.50. The van der Waals surface area contributed by atoms with Crippen molar-refractivity contribution in [1.29, 1.82) is 0 Å². The van der Waals surface area contributed by atoms with Crippen LogP contribution in [0, 0.1) is 0 Å². The van der Waals surface area contributed by atoms with E-state index in [4.69, 9.17) is 5.11 Å². The molecule has 0 heterocycles. The maximum absolute atomic E-state index is 11.9. The Morgan fingerprint density at radius 3 is 2.52 bits per heavy atom. The second-order valence-corrected chi connectivity index (χ2v) is 4.39. The second-order valence-electron chi connectivity index (χ2n) is 4.39. The number of aromatic hydroxyl groups is 2. The molecule has 2 aromatic carbocycles. The molecule has 0 spiro atoms. The van der Waals surface area contributed by atoms with Crippen molar-refractivity contribution in [3.8, 4) is 11.5 Å². The lowest BCUT2D eigenvalue weighted by atomic mass is 10.1. The van der Waals surface area contributed by atoms with E-state index in [1.54, 1.807) is 12.1 Å². The van der Waals surface area contributed by atoms with Crippen molar-refractivity contribution in [3.63, 3.8) is 0 Å². The summed E-state index contributed by atoms with van der Waals surface area (Å²) in [5.41, 5.74) is 0.689. The lowest BCUT2D eigenvalue weighted by Crippen LogP contribution is -2.23. The Balaban J connectivity index is 2.09. The molecule has 4 N–H and O–H groups in total. The molecule has 0 saturated carbocycles. The van der Waals surface area contributed by atoms with Crippen LogP contribution in [-0.2, 0) is 6.54 Å². The van der Waals surface area contributed by atoms with Crippen molar-refractivity contribution in [2.45, 2.75) is 6.54 Å². The van der Waals surface area contributed by atoms with Crippen molar-refractivity contribution in [3.05, 3.63) is 59.2 Å². The maximum atomic E-state index is 11.9. The standard InChI is InChI=1S/C15H13NO5/c17-11-4-5-13(18)12(7-11)14(19)16-8-9-2-1-3-10(6-9)15(20)21/h1-7,17-18H,8H2,(H,16,19)(H,20,21). The first-order valence-electron chi connectivity index (χ1n) is 6.10. The number of carbonyl (C=O) groups is 2. The molecule has 0 atom stereocenters. The van der Waals surface area contributed by atoms with Gasteiger partial charge in [-0.3, -0.25) is 4.79 Å². The van der Waals surface area contributed by atoms with Gasteiger partial charge in [0.25, 0.3) is 5.91 Å². The number of rotatable bonds is 4. The summed E-state index contributed by atoms with van der Waals surface area (Å²) < 4.78 is 0. The average Bonchev–Trinajstić information content (AvgIpc) is 2.47. The highest BCUT2D eigenvalue weighted by Crippen LogP contribution is 2.21. The molecule has 2 rings (SSSR count). The molecular weight excluding hydrogens is 274 g/mol. The first kappa shape index (κ1) is 14.4. The van der Waals surface area contributed by atoms with Crippen LogP contribution in [0.5, 0.6) is 11.5 Å². The molecule has 0 aliphatic rings. The van der Waals surface area contributed by atoms with E-state index >= 15 is 0 Å². The van der Waals surface area contributed by atoms with Crippen LogP contribution in [0.4, 0.5) is 0 Å². The average molecular weight is 287 g/mol. The van der Waals surface area contributed by atoms with E-state index in [1.807, 2.05) is 0 Å². The van der Waals surface area contributed by atoms with Gasteiger partial charge in [0.2, 0.25) is 0 Å². The molecule has 21 heavy (non-hydrogen) atoms. The van der Waals surface area contributed by atoms with Gasteiger partial charge in [-0.25, -0.2) is 4.79 Å². The molecule has 0 saturated heterocycles. The normalized spacial score (nSPS) is 10.1. The van der Waals surface area contributed by atoms with E-state index in [9.17, 15) is 19.8 Å². The number of aromatic carboxylic acids is 1. The van der Waals surface area contributed by atoms with Crippen LogP contribution in [0.3, 0.4) is 0 Å². The first-order valence-corrected chi connectivity index (χ1v) is 6.10. The van der Waals surface area contributed by atoms with Crippen LogP contribution < -0.4 is 5.32 Å². The number of benzene rings is 2. The predicted octanol–water partition coefficient (Wildman–Crippen LogP) is 1.73. The van der Waals surface area contributed by atoms with Crippen LogP contribution in [0.25, 0.3) is 0 Å². The molecule has 6 nitrogen and oxygen atoms in total. The van der Waals surface area contributed by atoms with Crippen molar-refractivity contribution < 1.29 is 24.9 Å². The SMILES string of the molecule is O=C(O)c1cccc(CNC(=O)c2cc(O)ccc2O)c1. The van der Waals surface area contributed by atoms with Gasteiger partial charge in [0, 0.05) is 6.54 Å². The minimum absolute atomic E-state index is 0.0515. The number of carboxylic acids is 1. The Bertz CT molecular complexity index is 696. The summed E-state index contributed by atoms with van der Waals surface area (Å²) in [6, 6.07) is 9.79. The fourth-order valence-electron chi connectivity index (χ4n) is 1.80. The number of phenolic OH excluding ortho intramolecular Hbond substituents is 2. The molecule has 6 heteroatoms. The van der Waals surface area contributed by atoms with E-state index in [1.165, 1.54) is 24.3 Å². The summed E-state index contributed by atoms with van der Waals surface area (Å²) in [4.78, 5) is 22.8. The molecule has 0 bridgehead atoms. The van der Waals surface area contributed by atoms with Gasteiger partial charge < -0.3 is 20.6 Å². The van der Waals surface area contributed by atoms with Crippen LogP contribution in [0.2, 0.25) is 0 Å². The van der Waals surface area contributed by atoms with Crippen LogP contribution >= 0.6 is 0 Å². The van der Waals surface area contributed by atoms with Gasteiger partial charge in [0.1, 0.15) is 11.5 Å². The zero-order valence-electron chi connectivity index (χ0n) is 10.9. The van der Waals surface area contributed by atoms with Gasteiger partial charge in [0.05, 0.1) is 11.1 Å². The van der Waals surface area contributed by atoms with Gasteiger partial charge in [0.15, 0.2) is 0 Å². The maximum Gasteiger partial charge on any atom is 0.335 e. The lowest BCUT2D eigenvalue weighted by Gasteiger charge is -2.08. The fraction of sp³-hybridized carbons (Fsp3) is 0.0667. The van der Waals surface area contributed by atoms with Crippen molar-refractivity contribution in [1.82, 2.24) is 5.32 Å². The monoisotopic (exact) mass is 287 g/mol. The summed E-state index contributed by atoms with van der Waals surface area (Å²) >= 11 is 0. The summed E-state index contributed by atoms with van der Waals surface area (Å²) in [7, 11) is 0. The van der Waals surface area contributed by atoms with Gasteiger partial charge >= 0.3 is 5.97 Å². The summed E-state index contributed by atoms with van der Waals surface area (Å²) in [6.07, 6.45) is 0. The number of phenols is 2. The quantitative estimate of drug-likeness (QED) is 0.641. The Hall–Kier alpha value is -3.02. The van der Waals surface area contributed by atoms with Crippen molar-refractivity contribution in [2.75, 3.05) is 0 Å². The number of carboxylic acid groups (broad SMARTS) is 1. The number of carbonyl (C=O) groups excluding carboxylic acids is 1. The molecule has 0 radical (unpaired) electrons. The van der Waals surface area contributed by atoms with Crippen LogP contribution in [-0.4, -0.2) is 27.2 Å². The molecule has 0 unspecified atom stereocenters. The van der Waals surface area contributed by atoms with E-state index in [0.29, 0.717) is 5.56 Å². The van der Waals surface area contributed by atoms with E-state index < -0.39 is 11.9 Å². The van der Waals surface area contributed by atoms with Gasteiger partial charge in [-0.05, 0) is 35.9 Å². The largest absolute Gasteiger partial charge is 0.508 e. The number of hydrogen-bond acceptors (Lipinski definition) is 4. The van der Waals surface area contributed by atoms with E-state index in [2.05, 4.69) is 5.32 Å². The zero-order chi connectivity index (χ0) is 15.4. The van der Waals surface area contributed by atoms with Crippen molar-refractivity contribution in [2.24, 2.45) is 0 Å². The molecule has 0 aliphatic carbocycles. The highest BCUT2D eigenvalue weighted by atomic mass is 16.4. The zero-order valence-corrected chi connectivity index (χ0v) is 10.9. The molecule has 0 aromatic heterocycles. The minimum atomic E-state index is -1.05. The topological polar surface area (TPSA) is 107 Å². The summed E-state index contributed by atoms with van der Waals surface area (Å²) in [5.74, 6) is -1.99. The molecule has 0 aliphatic heterocycles. The van der Waals surface area contributed by atoms with Crippen LogP contribution in [0.1, 0.15) is 26.3 Å². The summed E-state index contributed by atoms with van der Waals surface area (Å²) in [5, 5.41) is 30.3. The Morgan fingerprint density at radius 1 is 1.05 bits per heavy atom. The van der Waals surface area contributed by atoms with Gasteiger partial charge in [-0.15, -0.1) is 0 Å². The smallest absolute Gasteiger partial charge is 0.335 e. The number of hydrogen-bond donors (Lipinski definition) is 4. The third-order valence-electron chi connectivity index (χ3n) is 2.85. The second kappa shape index (κ2) is 5.96. The predicted molar refractivity (Wildman–Crippen MR) is 74.3 cm³/mol. The lowest BCUT2D eigenvalue weighted by molar-refractivity contribution is 0.0696. The van der Waals surface area contributed by atoms with E-state index in [0.717, 1.165) is 6.07 Å². The first-order chi connectivity index (χ1) is 9.97. The number of nitrogens with one attached hydrogen (secondary N) is 1. The highest BCUT2D eigenvalue weighted by molar-refractivity contribution is 5.97. The number of amides is 1. The molecule has 2 aromatic rings. The Labute approximate surface area is 120 Å². The molecule has 108 valence electrons. The Morgan fingerprint density at radius 2 is 1.81 bits per heavy atom. The Kier molecular flexibility index (Phi) is 4.08. The molecular formula is C15H13NO5. The molecule has 1 amide bonds. The highest BCUT2D eigenvalue weighted by Gasteiger charge is 2.12. The van der Waals surface area contributed by atoms with E-state index in [-0.39, 0.29) is 29.2 Å². The van der Waals surface area contributed by atoms with Gasteiger partial charge in [-0.2, -0.15) is 0 Å². The fourth-order valence-corrected chi connectivity index (χ4v) is 1.80. The summed E-state index contributed by atoms with van der Waals surface area (Å²) in [6.45, 7) is 0.106. The molecule has 0 fully saturated rings. The minimum Gasteiger partial charge on any atom is -0.508 e. The van der Waals surface area contributed by atoms with Crippen molar-refractivity contribution >= 4 is 11.9 Å². The van der Waals surface area contributed by atoms with Crippen LogP contribution in [0.15, 0.2) is 42.5 Å². The third-order valence-corrected chi connectivity index (χ3v) is 2.85. The van der Waals surface area contributed by atoms with Gasteiger partial charge in [-0.1, -0.05) is 12.1 Å².